The molecule has 0 radical (unpaired) electrons. The maximum absolute atomic E-state index is 10.6. The molecular formula is C7H7ClN2O3. The number of halogens is 1. The number of ether oxygens (including phenoxy) is 1. The van der Waals surface area contributed by atoms with Crippen molar-refractivity contribution in [1.82, 2.24) is 10.5 Å². The Labute approximate surface area is 79.6 Å². The predicted octanol–water partition coefficient (Wildman–Crippen LogP) is 1.38. The molecule has 1 heterocycles. The summed E-state index contributed by atoms with van der Waals surface area (Å²) < 4.78 is 4.27. The number of carbonyl (C=O) groups excluding carboxylic acids is 1. The first-order valence-electron chi connectivity index (χ1n) is 3.35. The fourth-order valence-corrected chi connectivity index (χ4v) is 0.738. The van der Waals surface area contributed by atoms with E-state index in [-0.39, 0.29) is 11.0 Å². The van der Waals surface area contributed by atoms with E-state index in [1.807, 2.05) is 5.48 Å². The van der Waals surface area contributed by atoms with Crippen LogP contribution in [0.25, 0.3) is 0 Å². The standard InChI is InChI=1S/C7H7ClN2O3/c1-12-7(11)10-13-6-4-2-3-5(8)9-6/h2-4H,1H3,(H,10,11). The van der Waals surface area contributed by atoms with Crippen molar-refractivity contribution in [2.45, 2.75) is 0 Å². The zero-order valence-electron chi connectivity index (χ0n) is 6.78. The van der Waals surface area contributed by atoms with Gasteiger partial charge in [0, 0.05) is 6.07 Å². The van der Waals surface area contributed by atoms with Crippen LogP contribution in [0.3, 0.4) is 0 Å². The molecule has 0 aliphatic heterocycles. The first-order chi connectivity index (χ1) is 6.22. The first-order valence-corrected chi connectivity index (χ1v) is 3.73. The van der Waals surface area contributed by atoms with Crippen LogP contribution >= 0.6 is 11.6 Å². The van der Waals surface area contributed by atoms with E-state index in [0.29, 0.717) is 0 Å². The molecule has 1 rings (SSSR count). The molecule has 0 aromatic carbocycles. The van der Waals surface area contributed by atoms with Gasteiger partial charge in [-0.1, -0.05) is 17.7 Å². The molecule has 13 heavy (non-hydrogen) atoms. The number of pyridine rings is 1. The minimum absolute atomic E-state index is 0.193. The Morgan fingerprint density at radius 1 is 1.62 bits per heavy atom. The van der Waals surface area contributed by atoms with Crippen molar-refractivity contribution in [2.75, 3.05) is 7.11 Å². The lowest BCUT2D eigenvalue weighted by molar-refractivity contribution is 0.115. The van der Waals surface area contributed by atoms with Crippen molar-refractivity contribution in [1.29, 1.82) is 0 Å². The van der Waals surface area contributed by atoms with Crippen LogP contribution in [0.5, 0.6) is 5.88 Å². The smallest absolute Gasteiger partial charge is 0.440 e. The second-order valence-corrected chi connectivity index (χ2v) is 2.38. The maximum atomic E-state index is 10.6. The Hall–Kier alpha value is -1.49. The SMILES string of the molecule is COC(=O)NOc1cccc(Cl)n1. The molecule has 1 N–H and O–H groups in total. The van der Waals surface area contributed by atoms with Crippen LogP contribution in [0.4, 0.5) is 4.79 Å². The van der Waals surface area contributed by atoms with Gasteiger partial charge in [0.05, 0.1) is 7.11 Å². The molecule has 1 amide bonds. The monoisotopic (exact) mass is 202 g/mol. The normalized spacial score (nSPS) is 9.08. The average molecular weight is 203 g/mol. The lowest BCUT2D eigenvalue weighted by Crippen LogP contribution is -2.26. The molecule has 0 saturated heterocycles. The molecule has 0 saturated carbocycles. The summed E-state index contributed by atoms with van der Waals surface area (Å²) in [6.07, 6.45) is -0.707. The van der Waals surface area contributed by atoms with E-state index in [2.05, 4.69) is 9.72 Å². The van der Waals surface area contributed by atoms with E-state index in [0.717, 1.165) is 0 Å². The van der Waals surface area contributed by atoms with Gasteiger partial charge >= 0.3 is 6.09 Å². The average Bonchev–Trinajstić information content (AvgIpc) is 2.14. The van der Waals surface area contributed by atoms with Gasteiger partial charge in [0.1, 0.15) is 5.15 Å². The summed E-state index contributed by atoms with van der Waals surface area (Å²) in [5, 5.41) is 0.282. The fraction of sp³-hybridized carbons (Fsp3) is 0.143. The predicted molar refractivity (Wildman–Crippen MR) is 45.4 cm³/mol. The summed E-state index contributed by atoms with van der Waals surface area (Å²) in [5.74, 6) is 0.193. The lowest BCUT2D eigenvalue weighted by atomic mass is 10.5. The Morgan fingerprint density at radius 3 is 3.00 bits per heavy atom. The number of rotatable bonds is 2. The zero-order chi connectivity index (χ0) is 9.68. The van der Waals surface area contributed by atoms with Crippen molar-refractivity contribution in [2.24, 2.45) is 0 Å². The van der Waals surface area contributed by atoms with Crippen LogP contribution in [0.2, 0.25) is 5.15 Å². The van der Waals surface area contributed by atoms with Crippen LogP contribution < -0.4 is 10.3 Å². The molecule has 0 fully saturated rings. The molecule has 70 valence electrons. The van der Waals surface area contributed by atoms with Crippen molar-refractivity contribution in [3.63, 3.8) is 0 Å². The fourth-order valence-electron chi connectivity index (χ4n) is 0.582. The van der Waals surface area contributed by atoms with E-state index in [1.165, 1.54) is 7.11 Å². The van der Waals surface area contributed by atoms with Gasteiger partial charge in [-0.2, -0.15) is 10.5 Å². The summed E-state index contributed by atoms with van der Waals surface area (Å²) in [6.45, 7) is 0. The van der Waals surface area contributed by atoms with E-state index in [4.69, 9.17) is 16.4 Å². The van der Waals surface area contributed by atoms with Gasteiger partial charge in [0.2, 0.25) is 5.88 Å². The summed E-state index contributed by atoms with van der Waals surface area (Å²) in [7, 11) is 1.23. The second kappa shape index (κ2) is 4.51. The third kappa shape index (κ3) is 3.16. The summed E-state index contributed by atoms with van der Waals surface area (Å²) in [6, 6.07) is 4.78. The van der Waals surface area contributed by atoms with Crippen LogP contribution in [0, 0.1) is 0 Å². The number of hydroxylamine groups is 1. The molecule has 6 heteroatoms. The number of carbonyl (C=O) groups is 1. The molecule has 0 spiro atoms. The molecule has 0 unspecified atom stereocenters. The van der Waals surface area contributed by atoms with Crippen LogP contribution in [0.15, 0.2) is 18.2 Å². The number of methoxy groups -OCH3 is 1. The third-order valence-electron chi connectivity index (χ3n) is 1.11. The Bertz CT molecular complexity index is 306. The zero-order valence-corrected chi connectivity index (χ0v) is 7.54. The lowest BCUT2D eigenvalue weighted by Gasteiger charge is -2.03. The van der Waals surface area contributed by atoms with Crippen molar-refractivity contribution in [3.8, 4) is 5.88 Å². The summed E-state index contributed by atoms with van der Waals surface area (Å²) >= 11 is 5.56. The van der Waals surface area contributed by atoms with Crippen molar-refractivity contribution < 1.29 is 14.4 Å². The summed E-state index contributed by atoms with van der Waals surface area (Å²) in [4.78, 5) is 19.0. The minimum Gasteiger partial charge on any atom is -0.451 e. The van der Waals surface area contributed by atoms with Gasteiger partial charge in [0.15, 0.2) is 0 Å². The van der Waals surface area contributed by atoms with Gasteiger partial charge in [-0.3, -0.25) is 0 Å². The summed E-state index contributed by atoms with van der Waals surface area (Å²) in [5.41, 5.74) is 1.99. The number of hydrogen-bond donors (Lipinski definition) is 1. The highest BCUT2D eigenvalue weighted by molar-refractivity contribution is 6.29. The van der Waals surface area contributed by atoms with Crippen molar-refractivity contribution >= 4 is 17.7 Å². The Balaban J connectivity index is 2.50. The molecule has 0 aliphatic carbocycles. The molecule has 0 atom stereocenters. The van der Waals surface area contributed by atoms with E-state index >= 15 is 0 Å². The highest BCUT2D eigenvalue weighted by atomic mass is 35.5. The van der Waals surface area contributed by atoms with Gasteiger partial charge < -0.3 is 9.57 Å². The number of nitrogens with one attached hydrogen (secondary N) is 1. The molecule has 1 aromatic heterocycles. The number of hydrogen-bond acceptors (Lipinski definition) is 4. The second-order valence-electron chi connectivity index (χ2n) is 1.99. The third-order valence-corrected chi connectivity index (χ3v) is 1.32. The first kappa shape index (κ1) is 9.60. The van der Waals surface area contributed by atoms with Gasteiger partial charge in [-0.15, -0.1) is 0 Å². The van der Waals surface area contributed by atoms with Crippen LogP contribution in [-0.4, -0.2) is 18.2 Å². The Kier molecular flexibility index (Phi) is 3.33. The Morgan fingerprint density at radius 2 is 2.38 bits per heavy atom. The number of aromatic nitrogens is 1. The van der Waals surface area contributed by atoms with Crippen LogP contribution in [-0.2, 0) is 4.74 Å². The molecular weight excluding hydrogens is 196 g/mol. The largest absolute Gasteiger partial charge is 0.451 e. The van der Waals surface area contributed by atoms with Crippen LogP contribution in [0.1, 0.15) is 0 Å². The topological polar surface area (TPSA) is 60.5 Å². The number of amides is 1. The van der Waals surface area contributed by atoms with E-state index in [1.54, 1.807) is 18.2 Å². The molecule has 0 aliphatic rings. The molecule has 1 aromatic rings. The molecule has 0 bridgehead atoms. The minimum atomic E-state index is -0.707. The van der Waals surface area contributed by atoms with E-state index < -0.39 is 6.09 Å². The molecule has 5 nitrogen and oxygen atoms in total. The quantitative estimate of drug-likeness (QED) is 0.582. The highest BCUT2D eigenvalue weighted by Gasteiger charge is 2.00. The maximum Gasteiger partial charge on any atom is 0.440 e. The van der Waals surface area contributed by atoms with Gasteiger partial charge in [-0.25, -0.2) is 4.79 Å². The van der Waals surface area contributed by atoms with Crippen molar-refractivity contribution in [3.05, 3.63) is 23.4 Å². The van der Waals surface area contributed by atoms with Gasteiger partial charge in [-0.05, 0) is 6.07 Å². The van der Waals surface area contributed by atoms with E-state index in [9.17, 15) is 4.79 Å². The highest BCUT2D eigenvalue weighted by Crippen LogP contribution is 2.09. The van der Waals surface area contributed by atoms with Gasteiger partial charge in [0.25, 0.3) is 0 Å². The number of nitrogens with zero attached hydrogens (tertiary/aromatic N) is 1.